The zero-order chi connectivity index (χ0) is 18.1. The van der Waals surface area contributed by atoms with Crippen molar-refractivity contribution in [2.75, 3.05) is 11.9 Å². The summed E-state index contributed by atoms with van der Waals surface area (Å²) in [7, 11) is 0. The number of ether oxygens (including phenoxy) is 1. The summed E-state index contributed by atoms with van der Waals surface area (Å²) in [6, 6.07) is 4.44. The maximum Gasteiger partial charge on any atom is 0.407 e. The molecule has 130 valence electrons. The lowest BCUT2D eigenvalue weighted by atomic mass is 9.99. The van der Waals surface area contributed by atoms with Gasteiger partial charge in [-0.25, -0.2) is 4.79 Å². The van der Waals surface area contributed by atoms with Crippen LogP contribution in [0.3, 0.4) is 0 Å². The first-order valence-corrected chi connectivity index (χ1v) is 7.41. The summed E-state index contributed by atoms with van der Waals surface area (Å²) in [5.41, 5.74) is -0.163. The fraction of sp³-hybridized carbons (Fsp3) is 0.438. The highest BCUT2D eigenvalue weighted by Gasteiger charge is 2.33. The van der Waals surface area contributed by atoms with E-state index in [0.29, 0.717) is 0 Å². The summed E-state index contributed by atoms with van der Waals surface area (Å²) in [5.74, 6) is -1.48. The van der Waals surface area contributed by atoms with Gasteiger partial charge in [-0.1, -0.05) is 12.1 Å². The summed E-state index contributed by atoms with van der Waals surface area (Å²) in [4.78, 5) is 34.7. The second-order valence-corrected chi connectivity index (χ2v) is 6.45. The number of aliphatic hydroxyl groups excluding tert-OH is 2. The van der Waals surface area contributed by atoms with Gasteiger partial charge >= 0.3 is 6.09 Å². The number of fused-ring (bicyclic) bond motifs is 1. The number of nitrogens with one attached hydrogen (secondary N) is 2. The van der Waals surface area contributed by atoms with Crippen LogP contribution in [0.1, 0.15) is 42.8 Å². The number of Topliss-reactive ketones (excluding diaryl/α,β-unsaturated/α-hetero) is 1. The van der Waals surface area contributed by atoms with E-state index in [4.69, 9.17) is 4.74 Å². The lowest BCUT2D eigenvalue weighted by Gasteiger charge is -2.23. The molecular formula is C16H20N2O6. The van der Waals surface area contributed by atoms with E-state index in [-0.39, 0.29) is 23.4 Å². The molecule has 8 nitrogen and oxygen atoms in total. The Balaban J connectivity index is 2.05. The van der Waals surface area contributed by atoms with Crippen molar-refractivity contribution in [3.63, 3.8) is 0 Å². The molecule has 1 aromatic rings. The third-order valence-corrected chi connectivity index (χ3v) is 3.32. The van der Waals surface area contributed by atoms with Crippen LogP contribution < -0.4 is 10.6 Å². The number of anilines is 1. The molecule has 1 aromatic carbocycles. The standard InChI is InChI=1S/C16H20N2O6/c1-16(2,3)24-15(23)17-7-10(19)12(20)8-5-4-6-9-11(8)18-14(22)13(9)21/h4-6,10,12,19-20H,7H2,1-3H3,(H,17,23)(H,18,21,22). The lowest BCUT2D eigenvalue weighted by Crippen LogP contribution is -2.39. The molecule has 0 aromatic heterocycles. The zero-order valence-electron chi connectivity index (χ0n) is 13.6. The van der Waals surface area contributed by atoms with Crippen LogP contribution >= 0.6 is 0 Å². The monoisotopic (exact) mass is 336 g/mol. The highest BCUT2D eigenvalue weighted by molar-refractivity contribution is 6.51. The molecule has 0 aliphatic carbocycles. The van der Waals surface area contributed by atoms with Gasteiger partial charge in [0.05, 0.1) is 11.3 Å². The Kier molecular flexibility index (Phi) is 4.91. The van der Waals surface area contributed by atoms with Gasteiger partial charge in [0.2, 0.25) is 0 Å². The average molecular weight is 336 g/mol. The van der Waals surface area contributed by atoms with Crippen LogP contribution in [0, 0.1) is 0 Å². The van der Waals surface area contributed by atoms with E-state index in [0.717, 1.165) is 0 Å². The van der Waals surface area contributed by atoms with Crippen molar-refractivity contribution >= 4 is 23.5 Å². The molecule has 0 saturated heterocycles. The fourth-order valence-electron chi connectivity index (χ4n) is 2.26. The van der Waals surface area contributed by atoms with Crippen molar-refractivity contribution in [3.8, 4) is 0 Å². The summed E-state index contributed by atoms with van der Waals surface area (Å²) >= 11 is 0. The Labute approximate surface area is 138 Å². The molecule has 24 heavy (non-hydrogen) atoms. The van der Waals surface area contributed by atoms with Gasteiger partial charge in [-0.05, 0) is 26.8 Å². The molecule has 2 amide bonds. The third kappa shape index (κ3) is 3.90. The first-order valence-electron chi connectivity index (χ1n) is 7.41. The van der Waals surface area contributed by atoms with E-state index in [1.54, 1.807) is 20.8 Å². The van der Waals surface area contributed by atoms with Crippen LogP contribution in [0.2, 0.25) is 0 Å². The second-order valence-electron chi connectivity index (χ2n) is 6.45. The summed E-state index contributed by atoms with van der Waals surface area (Å²) in [6.45, 7) is 4.84. The van der Waals surface area contributed by atoms with Crippen LogP contribution in [-0.4, -0.2) is 46.2 Å². The van der Waals surface area contributed by atoms with E-state index < -0.39 is 35.6 Å². The van der Waals surface area contributed by atoms with Gasteiger partial charge in [-0.15, -0.1) is 0 Å². The molecule has 8 heteroatoms. The topological polar surface area (TPSA) is 125 Å². The van der Waals surface area contributed by atoms with E-state index in [2.05, 4.69) is 10.6 Å². The second kappa shape index (κ2) is 6.58. The van der Waals surface area contributed by atoms with E-state index in [9.17, 15) is 24.6 Å². The van der Waals surface area contributed by atoms with Crippen LogP contribution in [0.4, 0.5) is 10.5 Å². The molecule has 0 spiro atoms. The molecule has 1 aliphatic rings. The molecule has 0 bridgehead atoms. The summed E-state index contributed by atoms with van der Waals surface area (Å²) < 4.78 is 5.03. The first-order chi connectivity index (χ1) is 11.1. The number of benzene rings is 1. The van der Waals surface area contributed by atoms with Crippen LogP contribution in [0.25, 0.3) is 0 Å². The third-order valence-electron chi connectivity index (χ3n) is 3.32. The van der Waals surface area contributed by atoms with Crippen LogP contribution in [-0.2, 0) is 9.53 Å². The Morgan fingerprint density at radius 2 is 1.96 bits per heavy atom. The number of hydrogen-bond acceptors (Lipinski definition) is 6. The lowest BCUT2D eigenvalue weighted by molar-refractivity contribution is -0.112. The number of carbonyl (C=O) groups is 3. The predicted octanol–water partition coefficient (Wildman–Crippen LogP) is 0.740. The van der Waals surface area contributed by atoms with Crippen molar-refractivity contribution in [3.05, 3.63) is 29.3 Å². The number of ketones is 1. The van der Waals surface area contributed by atoms with Gasteiger partial charge in [-0.2, -0.15) is 0 Å². The smallest absolute Gasteiger partial charge is 0.407 e. The quantitative estimate of drug-likeness (QED) is 0.601. The van der Waals surface area contributed by atoms with Crippen molar-refractivity contribution in [2.45, 2.75) is 38.6 Å². The molecule has 0 fully saturated rings. The average Bonchev–Trinajstić information content (AvgIpc) is 2.77. The molecular weight excluding hydrogens is 316 g/mol. The largest absolute Gasteiger partial charge is 0.444 e. The minimum atomic E-state index is -1.40. The molecule has 4 N–H and O–H groups in total. The Hall–Kier alpha value is -2.45. The fourth-order valence-corrected chi connectivity index (χ4v) is 2.26. The maximum absolute atomic E-state index is 11.7. The predicted molar refractivity (Wildman–Crippen MR) is 84.6 cm³/mol. The highest BCUT2D eigenvalue weighted by Crippen LogP contribution is 2.32. The summed E-state index contributed by atoms with van der Waals surface area (Å²) in [5, 5.41) is 25.1. The molecule has 1 heterocycles. The SMILES string of the molecule is CC(C)(C)OC(=O)NCC(O)C(O)c1cccc2c1NC(=O)C2=O. The van der Waals surface area contributed by atoms with E-state index >= 15 is 0 Å². The Morgan fingerprint density at radius 1 is 1.29 bits per heavy atom. The van der Waals surface area contributed by atoms with Gasteiger partial charge in [0.25, 0.3) is 11.7 Å². The summed E-state index contributed by atoms with van der Waals surface area (Å²) in [6.07, 6.45) is -3.48. The molecule has 0 saturated carbocycles. The highest BCUT2D eigenvalue weighted by atomic mass is 16.6. The maximum atomic E-state index is 11.7. The number of aliphatic hydroxyl groups is 2. The van der Waals surface area contributed by atoms with Gasteiger partial charge < -0.3 is 25.6 Å². The minimum Gasteiger partial charge on any atom is -0.444 e. The first kappa shape index (κ1) is 17.9. The van der Waals surface area contributed by atoms with Gasteiger partial charge in [-0.3, -0.25) is 9.59 Å². The molecule has 1 aliphatic heterocycles. The van der Waals surface area contributed by atoms with Gasteiger partial charge in [0, 0.05) is 12.1 Å². The van der Waals surface area contributed by atoms with Crippen molar-refractivity contribution in [2.24, 2.45) is 0 Å². The van der Waals surface area contributed by atoms with Crippen molar-refractivity contribution in [1.29, 1.82) is 0 Å². The minimum absolute atomic E-state index is 0.142. The van der Waals surface area contributed by atoms with Crippen LogP contribution in [0.15, 0.2) is 18.2 Å². The number of amides is 2. The number of rotatable bonds is 4. The van der Waals surface area contributed by atoms with Crippen LogP contribution in [0.5, 0.6) is 0 Å². The molecule has 0 radical (unpaired) electrons. The van der Waals surface area contributed by atoms with Gasteiger partial charge in [0.1, 0.15) is 17.8 Å². The van der Waals surface area contributed by atoms with Crippen molar-refractivity contribution < 1.29 is 29.3 Å². The molecule has 2 atom stereocenters. The Morgan fingerprint density at radius 3 is 2.58 bits per heavy atom. The number of alkyl carbamates (subject to hydrolysis) is 1. The van der Waals surface area contributed by atoms with Gasteiger partial charge in [0.15, 0.2) is 0 Å². The molecule has 2 unspecified atom stereocenters. The van der Waals surface area contributed by atoms with E-state index in [1.165, 1.54) is 18.2 Å². The Bertz CT molecular complexity index is 680. The number of hydrogen-bond donors (Lipinski definition) is 4. The van der Waals surface area contributed by atoms with E-state index in [1.807, 2.05) is 0 Å². The van der Waals surface area contributed by atoms with Crippen molar-refractivity contribution in [1.82, 2.24) is 5.32 Å². The molecule has 2 rings (SSSR count). The number of para-hydroxylation sites is 1. The normalized spacial score (nSPS) is 16.2. The zero-order valence-corrected chi connectivity index (χ0v) is 13.6. The number of carbonyl (C=O) groups excluding carboxylic acids is 3.